The SMILES string of the molecule is CCCCCOc1cc(O)cc(O)c1. The number of hydrogen-bond acceptors (Lipinski definition) is 3. The van der Waals surface area contributed by atoms with Crippen molar-refractivity contribution >= 4 is 0 Å². The number of ether oxygens (including phenoxy) is 1. The smallest absolute Gasteiger partial charge is 0.126 e. The van der Waals surface area contributed by atoms with Gasteiger partial charge in [0.25, 0.3) is 0 Å². The Morgan fingerprint density at radius 3 is 2.29 bits per heavy atom. The second-order valence-electron chi connectivity index (χ2n) is 3.24. The Bertz CT molecular complexity index is 264. The van der Waals surface area contributed by atoms with Crippen molar-refractivity contribution in [2.75, 3.05) is 6.61 Å². The molecule has 0 atom stereocenters. The maximum atomic E-state index is 9.16. The lowest BCUT2D eigenvalue weighted by Gasteiger charge is -2.06. The van der Waals surface area contributed by atoms with E-state index >= 15 is 0 Å². The van der Waals surface area contributed by atoms with Gasteiger partial charge in [-0.25, -0.2) is 0 Å². The minimum absolute atomic E-state index is 0.0236. The first kappa shape index (κ1) is 10.7. The topological polar surface area (TPSA) is 49.7 Å². The Morgan fingerprint density at radius 2 is 1.71 bits per heavy atom. The Kier molecular flexibility index (Phi) is 4.11. The van der Waals surface area contributed by atoms with Crippen LogP contribution in [0.4, 0.5) is 0 Å². The second kappa shape index (κ2) is 5.37. The standard InChI is InChI=1S/C11H16O3/c1-2-3-4-5-14-11-7-9(12)6-10(13)8-11/h6-8,12-13H,2-5H2,1H3. The highest BCUT2D eigenvalue weighted by Gasteiger charge is 1.99. The Hall–Kier alpha value is -1.38. The molecule has 2 N–H and O–H groups in total. The fraction of sp³-hybridized carbons (Fsp3) is 0.455. The summed E-state index contributed by atoms with van der Waals surface area (Å²) in [5.74, 6) is 0.560. The van der Waals surface area contributed by atoms with E-state index in [-0.39, 0.29) is 11.5 Å². The number of phenolic OH excluding ortho intramolecular Hbond substituents is 2. The summed E-state index contributed by atoms with van der Waals surface area (Å²) in [6.07, 6.45) is 3.27. The molecular formula is C11H16O3. The van der Waals surface area contributed by atoms with E-state index in [1.54, 1.807) is 0 Å². The summed E-state index contributed by atoms with van der Waals surface area (Å²) < 4.78 is 5.35. The van der Waals surface area contributed by atoms with E-state index in [0.29, 0.717) is 12.4 Å². The number of aromatic hydroxyl groups is 2. The number of benzene rings is 1. The average molecular weight is 196 g/mol. The van der Waals surface area contributed by atoms with Crippen LogP contribution in [0.2, 0.25) is 0 Å². The molecule has 0 aromatic heterocycles. The average Bonchev–Trinajstić information content (AvgIpc) is 2.11. The lowest BCUT2D eigenvalue weighted by atomic mass is 10.2. The summed E-state index contributed by atoms with van der Waals surface area (Å²) in [5, 5.41) is 18.3. The molecule has 0 aliphatic carbocycles. The van der Waals surface area contributed by atoms with Crippen molar-refractivity contribution in [1.82, 2.24) is 0 Å². The van der Waals surface area contributed by atoms with Gasteiger partial charge in [0.05, 0.1) is 6.61 Å². The van der Waals surface area contributed by atoms with E-state index in [2.05, 4.69) is 6.92 Å². The molecule has 0 fully saturated rings. The van der Waals surface area contributed by atoms with E-state index < -0.39 is 0 Å². The Balaban J connectivity index is 2.42. The highest BCUT2D eigenvalue weighted by atomic mass is 16.5. The first-order chi connectivity index (χ1) is 6.72. The van der Waals surface area contributed by atoms with Crippen LogP contribution in [0.15, 0.2) is 18.2 Å². The largest absolute Gasteiger partial charge is 0.508 e. The highest BCUT2D eigenvalue weighted by molar-refractivity contribution is 5.40. The summed E-state index contributed by atoms with van der Waals surface area (Å²) in [4.78, 5) is 0. The molecule has 0 aliphatic heterocycles. The molecule has 3 nitrogen and oxygen atoms in total. The molecule has 0 bridgehead atoms. The molecule has 0 heterocycles. The number of hydrogen-bond donors (Lipinski definition) is 2. The predicted octanol–water partition coefficient (Wildman–Crippen LogP) is 2.67. The van der Waals surface area contributed by atoms with Crippen molar-refractivity contribution in [3.8, 4) is 17.2 Å². The third kappa shape index (κ3) is 3.56. The predicted molar refractivity (Wildman–Crippen MR) is 54.8 cm³/mol. The number of rotatable bonds is 5. The van der Waals surface area contributed by atoms with Crippen LogP contribution >= 0.6 is 0 Å². The van der Waals surface area contributed by atoms with Crippen molar-refractivity contribution < 1.29 is 14.9 Å². The fourth-order valence-electron chi connectivity index (χ4n) is 1.19. The molecule has 0 spiro atoms. The van der Waals surface area contributed by atoms with Crippen LogP contribution in [-0.2, 0) is 0 Å². The Morgan fingerprint density at radius 1 is 1.07 bits per heavy atom. The van der Waals surface area contributed by atoms with Crippen LogP contribution in [0.5, 0.6) is 17.2 Å². The quantitative estimate of drug-likeness (QED) is 0.712. The minimum Gasteiger partial charge on any atom is -0.508 e. The molecule has 14 heavy (non-hydrogen) atoms. The third-order valence-electron chi connectivity index (χ3n) is 1.89. The highest BCUT2D eigenvalue weighted by Crippen LogP contribution is 2.25. The van der Waals surface area contributed by atoms with Gasteiger partial charge in [0, 0.05) is 18.2 Å². The van der Waals surface area contributed by atoms with Gasteiger partial charge in [-0.2, -0.15) is 0 Å². The van der Waals surface area contributed by atoms with Gasteiger partial charge in [0.15, 0.2) is 0 Å². The van der Waals surface area contributed by atoms with E-state index in [4.69, 9.17) is 14.9 Å². The van der Waals surface area contributed by atoms with Gasteiger partial charge in [-0.15, -0.1) is 0 Å². The van der Waals surface area contributed by atoms with Gasteiger partial charge in [-0.05, 0) is 6.42 Å². The van der Waals surface area contributed by atoms with E-state index in [9.17, 15) is 0 Å². The maximum Gasteiger partial charge on any atom is 0.126 e. The maximum absolute atomic E-state index is 9.16. The van der Waals surface area contributed by atoms with Gasteiger partial charge in [0.1, 0.15) is 17.2 Å². The molecule has 78 valence electrons. The molecular weight excluding hydrogens is 180 g/mol. The molecule has 0 unspecified atom stereocenters. The number of phenols is 2. The zero-order chi connectivity index (χ0) is 10.4. The summed E-state index contributed by atoms with van der Waals surface area (Å²) in [7, 11) is 0. The number of unbranched alkanes of at least 4 members (excludes halogenated alkanes) is 2. The van der Waals surface area contributed by atoms with E-state index in [1.807, 2.05) is 0 Å². The normalized spacial score (nSPS) is 10.1. The molecule has 0 saturated heterocycles. The third-order valence-corrected chi connectivity index (χ3v) is 1.89. The van der Waals surface area contributed by atoms with Crippen LogP contribution in [0.3, 0.4) is 0 Å². The molecule has 0 saturated carbocycles. The van der Waals surface area contributed by atoms with Crippen LogP contribution in [-0.4, -0.2) is 16.8 Å². The second-order valence-corrected chi connectivity index (χ2v) is 3.24. The summed E-state index contributed by atoms with van der Waals surface area (Å²) in [6, 6.07) is 4.26. The van der Waals surface area contributed by atoms with Gasteiger partial charge in [-0.1, -0.05) is 19.8 Å². The lowest BCUT2D eigenvalue weighted by Crippen LogP contribution is -1.96. The van der Waals surface area contributed by atoms with Crippen molar-refractivity contribution in [2.45, 2.75) is 26.2 Å². The summed E-state index contributed by atoms with van der Waals surface area (Å²) >= 11 is 0. The van der Waals surface area contributed by atoms with Crippen LogP contribution < -0.4 is 4.74 Å². The zero-order valence-corrected chi connectivity index (χ0v) is 8.36. The van der Waals surface area contributed by atoms with Gasteiger partial charge < -0.3 is 14.9 Å². The molecule has 0 aliphatic rings. The lowest BCUT2D eigenvalue weighted by molar-refractivity contribution is 0.302. The van der Waals surface area contributed by atoms with Gasteiger partial charge in [0.2, 0.25) is 0 Å². The van der Waals surface area contributed by atoms with Crippen LogP contribution in [0, 0.1) is 0 Å². The van der Waals surface area contributed by atoms with Gasteiger partial charge >= 0.3 is 0 Å². The van der Waals surface area contributed by atoms with E-state index in [1.165, 1.54) is 18.2 Å². The van der Waals surface area contributed by atoms with Crippen molar-refractivity contribution in [3.63, 3.8) is 0 Å². The Labute approximate surface area is 84.0 Å². The van der Waals surface area contributed by atoms with Crippen molar-refractivity contribution in [1.29, 1.82) is 0 Å². The van der Waals surface area contributed by atoms with Crippen LogP contribution in [0.25, 0.3) is 0 Å². The summed E-state index contributed by atoms with van der Waals surface area (Å²) in [5.41, 5.74) is 0. The minimum atomic E-state index is 0.0236. The zero-order valence-electron chi connectivity index (χ0n) is 8.36. The molecule has 0 radical (unpaired) electrons. The van der Waals surface area contributed by atoms with Crippen molar-refractivity contribution in [3.05, 3.63) is 18.2 Å². The molecule has 0 amide bonds. The first-order valence-corrected chi connectivity index (χ1v) is 4.88. The molecule has 1 aromatic rings. The fourth-order valence-corrected chi connectivity index (χ4v) is 1.19. The van der Waals surface area contributed by atoms with E-state index in [0.717, 1.165) is 19.3 Å². The van der Waals surface area contributed by atoms with Crippen molar-refractivity contribution in [2.24, 2.45) is 0 Å². The van der Waals surface area contributed by atoms with Gasteiger partial charge in [-0.3, -0.25) is 0 Å². The monoisotopic (exact) mass is 196 g/mol. The summed E-state index contributed by atoms with van der Waals surface area (Å²) in [6.45, 7) is 2.75. The first-order valence-electron chi connectivity index (χ1n) is 4.88. The molecule has 1 aromatic carbocycles. The molecule has 1 rings (SSSR count). The van der Waals surface area contributed by atoms with Crippen LogP contribution in [0.1, 0.15) is 26.2 Å². The molecule has 3 heteroatoms.